The maximum absolute atomic E-state index is 14.9. The van der Waals surface area contributed by atoms with Gasteiger partial charge in [0.2, 0.25) is 0 Å². The van der Waals surface area contributed by atoms with Crippen LogP contribution in [0.2, 0.25) is 0 Å². The number of ketones is 1. The molecule has 2 aromatic carbocycles. The Hall–Kier alpha value is -3.26. The minimum atomic E-state index is -0.534. The van der Waals surface area contributed by atoms with Gasteiger partial charge in [-0.1, -0.05) is 24.3 Å². The van der Waals surface area contributed by atoms with Crippen LogP contribution in [0.1, 0.15) is 35.2 Å². The van der Waals surface area contributed by atoms with Crippen molar-refractivity contribution in [3.63, 3.8) is 0 Å². The molecule has 0 unspecified atom stereocenters. The van der Waals surface area contributed by atoms with Gasteiger partial charge in [-0.15, -0.1) is 0 Å². The van der Waals surface area contributed by atoms with E-state index in [0.29, 0.717) is 24.3 Å². The Balaban J connectivity index is 1.75. The normalized spacial score (nSPS) is 14.1. The van der Waals surface area contributed by atoms with E-state index in [-0.39, 0.29) is 30.5 Å². The number of para-hydroxylation sites is 1. The number of nitrogens with two attached hydrogens (primary N) is 1. The highest BCUT2D eigenvalue weighted by atomic mass is 19.1. The summed E-state index contributed by atoms with van der Waals surface area (Å²) in [6, 6.07) is 9.81. The highest BCUT2D eigenvalue weighted by Gasteiger charge is 2.27. The van der Waals surface area contributed by atoms with Gasteiger partial charge < -0.3 is 10.6 Å². The van der Waals surface area contributed by atoms with E-state index in [1.807, 2.05) is 30.1 Å². The lowest BCUT2D eigenvalue weighted by Crippen LogP contribution is -2.45. The Kier molecular flexibility index (Phi) is 5.99. The molecule has 1 fully saturated rings. The predicted molar refractivity (Wildman–Crippen MR) is 118 cm³/mol. The molecule has 1 aliphatic rings. The third-order valence-corrected chi connectivity index (χ3v) is 5.78. The molecule has 2 N–H and O–H groups in total. The van der Waals surface area contributed by atoms with Crippen LogP contribution < -0.4 is 10.6 Å². The number of amides is 2. The topological polar surface area (TPSA) is 84.5 Å². The van der Waals surface area contributed by atoms with Crippen molar-refractivity contribution in [2.75, 3.05) is 24.5 Å². The van der Waals surface area contributed by atoms with E-state index < -0.39 is 5.82 Å². The van der Waals surface area contributed by atoms with Crippen molar-refractivity contribution in [1.29, 1.82) is 0 Å². The predicted octanol–water partition coefficient (Wildman–Crippen LogP) is 3.47. The number of aromatic nitrogens is 2. The number of nitrogens with zero attached hydrogens (tertiary/aromatic N) is 4. The summed E-state index contributed by atoms with van der Waals surface area (Å²) in [6.45, 7) is 1.23. The van der Waals surface area contributed by atoms with Gasteiger partial charge in [-0.25, -0.2) is 9.18 Å². The molecule has 3 aromatic rings. The molecular formula is C23H26FN5O2. The molecule has 0 radical (unpaired) electrons. The molecule has 0 saturated carbocycles. The number of anilines is 1. The van der Waals surface area contributed by atoms with Crippen molar-refractivity contribution in [3.05, 3.63) is 59.5 Å². The second kappa shape index (κ2) is 8.85. The largest absolute Gasteiger partial charge is 0.324 e. The number of rotatable bonds is 5. The number of fused-ring (bicyclic) bond motifs is 1. The zero-order valence-electron chi connectivity index (χ0n) is 17.6. The second-order valence-electron chi connectivity index (χ2n) is 7.83. The molecule has 1 aliphatic heterocycles. The summed E-state index contributed by atoms with van der Waals surface area (Å²) < 4.78 is 16.6. The van der Waals surface area contributed by atoms with Crippen LogP contribution >= 0.6 is 0 Å². The molecule has 0 spiro atoms. The SMILES string of the molecule is Cn1ncc2cccc(N(Cc3ccc(C(=O)CN)cc3F)C(=O)N3CCCCC3)c21. The lowest BCUT2D eigenvalue weighted by Gasteiger charge is -2.33. The number of aryl methyl sites for hydroxylation is 1. The van der Waals surface area contributed by atoms with E-state index in [9.17, 15) is 14.0 Å². The van der Waals surface area contributed by atoms with Crippen molar-refractivity contribution in [2.45, 2.75) is 25.8 Å². The highest BCUT2D eigenvalue weighted by Crippen LogP contribution is 2.30. The first-order valence-corrected chi connectivity index (χ1v) is 10.5. The van der Waals surface area contributed by atoms with Crippen LogP contribution in [0, 0.1) is 5.82 Å². The Bertz CT molecular complexity index is 1120. The summed E-state index contributed by atoms with van der Waals surface area (Å²) >= 11 is 0. The standard InChI is InChI=1S/C23H26FN5O2/c1-27-22-17(14-26-27)6-5-7-20(22)29(23(31)28-10-3-2-4-11-28)15-18-9-8-16(12-19(18)24)21(30)13-25/h5-9,12,14H,2-4,10-11,13,15,25H2,1H3. The minimum Gasteiger partial charge on any atom is -0.324 e. The number of hydrogen-bond acceptors (Lipinski definition) is 4. The fraction of sp³-hybridized carbons (Fsp3) is 0.348. The number of benzene rings is 2. The fourth-order valence-electron chi connectivity index (χ4n) is 4.08. The van der Waals surface area contributed by atoms with Gasteiger partial charge in [-0.05, 0) is 31.4 Å². The van der Waals surface area contributed by atoms with Crippen molar-refractivity contribution in [2.24, 2.45) is 12.8 Å². The third-order valence-electron chi connectivity index (χ3n) is 5.78. The summed E-state index contributed by atoms with van der Waals surface area (Å²) in [5.41, 5.74) is 7.43. The smallest absolute Gasteiger partial charge is 0.324 e. The number of hydrogen-bond donors (Lipinski definition) is 1. The van der Waals surface area contributed by atoms with Crippen LogP contribution in [0.4, 0.5) is 14.9 Å². The average molecular weight is 423 g/mol. The number of carbonyl (C=O) groups excluding carboxylic acids is 2. The maximum Gasteiger partial charge on any atom is 0.324 e. The van der Waals surface area contributed by atoms with Crippen molar-refractivity contribution in [1.82, 2.24) is 14.7 Å². The molecule has 31 heavy (non-hydrogen) atoms. The fourth-order valence-corrected chi connectivity index (χ4v) is 4.08. The monoisotopic (exact) mass is 423 g/mol. The Morgan fingerprint density at radius 1 is 1.16 bits per heavy atom. The molecule has 7 nitrogen and oxygen atoms in total. The lowest BCUT2D eigenvalue weighted by molar-refractivity contribution is 0.100. The summed E-state index contributed by atoms with van der Waals surface area (Å²) in [5.74, 6) is -0.862. The third kappa shape index (κ3) is 4.16. The van der Waals surface area contributed by atoms with E-state index in [0.717, 1.165) is 30.2 Å². The average Bonchev–Trinajstić information content (AvgIpc) is 3.19. The maximum atomic E-state index is 14.9. The van der Waals surface area contributed by atoms with E-state index in [1.54, 1.807) is 27.9 Å². The quantitative estimate of drug-likeness (QED) is 0.637. The van der Waals surface area contributed by atoms with E-state index in [2.05, 4.69) is 5.10 Å². The van der Waals surface area contributed by atoms with Gasteiger partial charge in [0, 0.05) is 36.7 Å². The summed E-state index contributed by atoms with van der Waals surface area (Å²) in [6.07, 6.45) is 4.77. The number of urea groups is 1. The van der Waals surface area contributed by atoms with Gasteiger partial charge in [0.25, 0.3) is 0 Å². The minimum absolute atomic E-state index is 0.0442. The number of likely N-dealkylation sites (tertiary alicyclic amines) is 1. The van der Waals surface area contributed by atoms with Gasteiger partial charge in [-0.2, -0.15) is 5.10 Å². The molecular weight excluding hydrogens is 397 g/mol. The molecule has 0 aliphatic carbocycles. The van der Waals surface area contributed by atoms with Crippen LogP contribution in [-0.4, -0.2) is 46.1 Å². The van der Waals surface area contributed by atoms with E-state index in [1.165, 1.54) is 6.07 Å². The molecule has 1 aromatic heterocycles. The lowest BCUT2D eigenvalue weighted by atomic mass is 10.1. The van der Waals surface area contributed by atoms with Crippen LogP contribution in [0.3, 0.4) is 0 Å². The molecule has 0 bridgehead atoms. The van der Waals surface area contributed by atoms with Crippen LogP contribution in [-0.2, 0) is 13.6 Å². The van der Waals surface area contributed by atoms with E-state index in [4.69, 9.17) is 5.73 Å². The van der Waals surface area contributed by atoms with Crippen molar-refractivity contribution >= 4 is 28.4 Å². The van der Waals surface area contributed by atoms with Gasteiger partial charge in [0.1, 0.15) is 5.82 Å². The highest BCUT2D eigenvalue weighted by molar-refractivity contribution is 6.01. The zero-order valence-corrected chi connectivity index (χ0v) is 17.6. The first-order valence-electron chi connectivity index (χ1n) is 10.5. The Morgan fingerprint density at radius 2 is 1.94 bits per heavy atom. The van der Waals surface area contributed by atoms with Gasteiger partial charge >= 0.3 is 6.03 Å². The first-order chi connectivity index (χ1) is 15.0. The van der Waals surface area contributed by atoms with E-state index >= 15 is 0 Å². The molecule has 1 saturated heterocycles. The Morgan fingerprint density at radius 3 is 2.65 bits per heavy atom. The zero-order chi connectivity index (χ0) is 22.0. The Labute approximate surface area is 180 Å². The van der Waals surface area contributed by atoms with Crippen LogP contribution in [0.15, 0.2) is 42.6 Å². The number of halogens is 1. The summed E-state index contributed by atoms with van der Waals surface area (Å²) in [5, 5.41) is 5.22. The van der Waals surface area contributed by atoms with Crippen molar-refractivity contribution in [3.8, 4) is 0 Å². The molecule has 4 rings (SSSR count). The summed E-state index contributed by atoms with van der Waals surface area (Å²) in [7, 11) is 1.82. The molecule has 2 amide bonds. The number of carbonyl (C=O) groups is 2. The molecule has 0 atom stereocenters. The molecule has 162 valence electrons. The number of Topliss-reactive ketones (excluding diaryl/α,β-unsaturated/α-hetero) is 1. The number of piperidine rings is 1. The van der Waals surface area contributed by atoms with Gasteiger partial charge in [-0.3, -0.25) is 14.4 Å². The van der Waals surface area contributed by atoms with Crippen LogP contribution in [0.25, 0.3) is 10.9 Å². The second-order valence-corrected chi connectivity index (χ2v) is 7.83. The van der Waals surface area contributed by atoms with Crippen molar-refractivity contribution < 1.29 is 14.0 Å². The molecule has 8 heteroatoms. The van der Waals surface area contributed by atoms with Gasteiger partial charge in [0.15, 0.2) is 5.78 Å². The van der Waals surface area contributed by atoms with Gasteiger partial charge in [0.05, 0.1) is 30.5 Å². The first kappa shape index (κ1) is 21.0. The summed E-state index contributed by atoms with van der Waals surface area (Å²) in [4.78, 5) is 28.8. The van der Waals surface area contributed by atoms with Crippen LogP contribution in [0.5, 0.6) is 0 Å². The molecule has 2 heterocycles.